The van der Waals surface area contributed by atoms with Gasteiger partial charge in [-0.05, 0) is 38.3 Å². The molecule has 2 rings (SSSR count). The van der Waals surface area contributed by atoms with E-state index in [0.717, 1.165) is 0 Å². The average Bonchev–Trinajstić information content (AvgIpc) is 3.17. The van der Waals surface area contributed by atoms with Crippen LogP contribution >= 0.6 is 0 Å². The van der Waals surface area contributed by atoms with Crippen LogP contribution in [0.2, 0.25) is 0 Å². The van der Waals surface area contributed by atoms with Crippen LogP contribution in [-0.4, -0.2) is 30.8 Å². The van der Waals surface area contributed by atoms with E-state index in [4.69, 9.17) is 9.47 Å². The van der Waals surface area contributed by atoms with Gasteiger partial charge in [0.15, 0.2) is 0 Å². The van der Waals surface area contributed by atoms with Crippen LogP contribution in [0.5, 0.6) is 0 Å². The number of benzene rings is 1. The zero-order valence-corrected chi connectivity index (χ0v) is 12.0. The van der Waals surface area contributed by atoms with Crippen molar-refractivity contribution in [3.63, 3.8) is 0 Å². The van der Waals surface area contributed by atoms with E-state index in [-0.39, 0.29) is 31.5 Å². The van der Waals surface area contributed by atoms with Gasteiger partial charge in [0.05, 0.1) is 18.8 Å². The Labute approximate surface area is 123 Å². The number of ether oxygens (including phenoxy) is 2. The van der Waals surface area contributed by atoms with Gasteiger partial charge >= 0.3 is 11.9 Å². The van der Waals surface area contributed by atoms with Gasteiger partial charge < -0.3 is 9.47 Å². The molecule has 0 aliphatic heterocycles. The van der Waals surface area contributed by atoms with Crippen molar-refractivity contribution >= 4 is 11.9 Å². The van der Waals surface area contributed by atoms with Crippen LogP contribution in [0, 0.1) is 5.92 Å². The Morgan fingerprint density at radius 3 is 2.67 bits per heavy atom. The number of carbonyl (C=O) groups is 2. The molecule has 0 saturated heterocycles. The zero-order chi connectivity index (χ0) is 15.3. The molecular formula is C16H19FO4. The van der Waals surface area contributed by atoms with E-state index in [0.29, 0.717) is 18.4 Å². The molecule has 0 bridgehead atoms. The molecule has 0 aromatic heterocycles. The van der Waals surface area contributed by atoms with Crippen molar-refractivity contribution in [2.75, 3.05) is 13.2 Å². The molecule has 0 N–H and O–H groups in total. The van der Waals surface area contributed by atoms with Crippen molar-refractivity contribution in [3.05, 3.63) is 35.9 Å². The number of esters is 2. The quantitative estimate of drug-likeness (QED) is 0.573. The monoisotopic (exact) mass is 294 g/mol. The summed E-state index contributed by atoms with van der Waals surface area (Å²) in [6, 6.07) is 8.70. The SMILES string of the molecule is CCOC(=O)[C@]1(F)C[C@H]1CCCOC(=O)c1ccccc1. The lowest BCUT2D eigenvalue weighted by molar-refractivity contribution is -0.151. The first-order chi connectivity index (χ1) is 10.1. The minimum absolute atomic E-state index is 0.186. The summed E-state index contributed by atoms with van der Waals surface area (Å²) in [6.45, 7) is 2.07. The number of carbonyl (C=O) groups excluding carboxylic acids is 2. The molecule has 5 heteroatoms. The number of rotatable bonds is 7. The van der Waals surface area contributed by atoms with E-state index in [1.165, 1.54) is 0 Å². The fraction of sp³-hybridized carbons (Fsp3) is 0.500. The minimum atomic E-state index is -1.82. The lowest BCUT2D eigenvalue weighted by Gasteiger charge is -2.07. The van der Waals surface area contributed by atoms with E-state index in [1.807, 2.05) is 6.07 Å². The highest BCUT2D eigenvalue weighted by Gasteiger charge is 2.62. The van der Waals surface area contributed by atoms with Crippen LogP contribution in [-0.2, 0) is 14.3 Å². The summed E-state index contributed by atoms with van der Waals surface area (Å²) in [5.74, 6) is -1.47. The largest absolute Gasteiger partial charge is 0.464 e. The summed E-state index contributed by atoms with van der Waals surface area (Å²) < 4.78 is 23.8. The Hall–Kier alpha value is -1.91. The van der Waals surface area contributed by atoms with E-state index in [1.54, 1.807) is 31.2 Å². The van der Waals surface area contributed by atoms with Gasteiger partial charge in [-0.15, -0.1) is 0 Å². The molecule has 1 aliphatic rings. The van der Waals surface area contributed by atoms with Gasteiger partial charge in [-0.1, -0.05) is 18.2 Å². The highest BCUT2D eigenvalue weighted by Crippen LogP contribution is 2.50. The van der Waals surface area contributed by atoms with Crippen LogP contribution in [0.3, 0.4) is 0 Å². The number of halogens is 1. The maximum Gasteiger partial charge on any atom is 0.344 e. The molecule has 21 heavy (non-hydrogen) atoms. The Kier molecular flexibility index (Phi) is 4.94. The lowest BCUT2D eigenvalue weighted by Crippen LogP contribution is -2.22. The first-order valence-corrected chi connectivity index (χ1v) is 7.16. The van der Waals surface area contributed by atoms with Crippen molar-refractivity contribution in [1.29, 1.82) is 0 Å². The summed E-state index contributed by atoms with van der Waals surface area (Å²) in [5, 5.41) is 0. The Morgan fingerprint density at radius 1 is 1.29 bits per heavy atom. The zero-order valence-electron chi connectivity index (χ0n) is 12.0. The maximum absolute atomic E-state index is 14.0. The van der Waals surface area contributed by atoms with Gasteiger partial charge in [0, 0.05) is 5.92 Å². The average molecular weight is 294 g/mol. The third kappa shape index (κ3) is 3.80. The molecular weight excluding hydrogens is 275 g/mol. The Balaban J connectivity index is 1.65. The van der Waals surface area contributed by atoms with Crippen LogP contribution < -0.4 is 0 Å². The van der Waals surface area contributed by atoms with Crippen LogP contribution in [0.15, 0.2) is 30.3 Å². The van der Waals surface area contributed by atoms with Crippen molar-refractivity contribution in [2.45, 2.75) is 31.9 Å². The van der Waals surface area contributed by atoms with Gasteiger partial charge in [-0.2, -0.15) is 0 Å². The predicted molar refractivity (Wildman–Crippen MR) is 74.5 cm³/mol. The summed E-state index contributed by atoms with van der Waals surface area (Å²) in [5.41, 5.74) is -1.32. The third-order valence-electron chi connectivity index (χ3n) is 3.58. The highest BCUT2D eigenvalue weighted by molar-refractivity contribution is 5.89. The summed E-state index contributed by atoms with van der Waals surface area (Å²) in [6.07, 6.45) is 1.25. The second-order valence-electron chi connectivity index (χ2n) is 5.13. The van der Waals surface area contributed by atoms with Crippen LogP contribution in [0.25, 0.3) is 0 Å². The number of alkyl halides is 1. The third-order valence-corrected chi connectivity index (χ3v) is 3.58. The standard InChI is InChI=1S/C16H19FO4/c1-2-20-15(19)16(17)11-13(16)9-6-10-21-14(18)12-7-4-3-5-8-12/h3-5,7-8,13H,2,6,9-11H2,1H3/t13-,16+/m1/s1. The van der Waals surface area contributed by atoms with Crippen molar-refractivity contribution < 1.29 is 23.5 Å². The number of hydrogen-bond donors (Lipinski definition) is 0. The second-order valence-corrected chi connectivity index (χ2v) is 5.13. The van der Waals surface area contributed by atoms with Crippen molar-refractivity contribution in [1.82, 2.24) is 0 Å². The molecule has 0 heterocycles. The van der Waals surface area contributed by atoms with Crippen LogP contribution in [0.1, 0.15) is 36.5 Å². The normalized spacial score (nSPS) is 23.4. The van der Waals surface area contributed by atoms with Gasteiger partial charge in [-0.25, -0.2) is 14.0 Å². The van der Waals surface area contributed by atoms with E-state index in [2.05, 4.69) is 0 Å². The Morgan fingerprint density at radius 2 is 2.00 bits per heavy atom. The fourth-order valence-electron chi connectivity index (χ4n) is 2.28. The minimum Gasteiger partial charge on any atom is -0.464 e. The van der Waals surface area contributed by atoms with Gasteiger partial charge in [0.1, 0.15) is 0 Å². The van der Waals surface area contributed by atoms with Gasteiger partial charge in [0.2, 0.25) is 5.67 Å². The molecule has 2 atom stereocenters. The first kappa shape index (κ1) is 15.5. The van der Waals surface area contributed by atoms with E-state index >= 15 is 0 Å². The fourth-order valence-corrected chi connectivity index (χ4v) is 2.28. The first-order valence-electron chi connectivity index (χ1n) is 7.16. The Bertz CT molecular complexity index is 502. The topological polar surface area (TPSA) is 52.6 Å². The lowest BCUT2D eigenvalue weighted by atomic mass is 10.2. The molecule has 1 aliphatic carbocycles. The molecule has 0 spiro atoms. The van der Waals surface area contributed by atoms with Crippen LogP contribution in [0.4, 0.5) is 4.39 Å². The second kappa shape index (κ2) is 6.70. The summed E-state index contributed by atoms with van der Waals surface area (Å²) in [4.78, 5) is 23.0. The van der Waals surface area contributed by atoms with E-state index in [9.17, 15) is 14.0 Å². The maximum atomic E-state index is 14.0. The molecule has 1 aromatic rings. The molecule has 4 nitrogen and oxygen atoms in total. The summed E-state index contributed by atoms with van der Waals surface area (Å²) in [7, 11) is 0. The highest BCUT2D eigenvalue weighted by atomic mass is 19.1. The van der Waals surface area contributed by atoms with E-state index < -0.39 is 11.6 Å². The smallest absolute Gasteiger partial charge is 0.344 e. The predicted octanol–water partition coefficient (Wildman–Crippen LogP) is 2.91. The molecule has 0 unspecified atom stereocenters. The molecule has 0 amide bonds. The molecule has 1 saturated carbocycles. The van der Waals surface area contributed by atoms with Gasteiger partial charge in [-0.3, -0.25) is 0 Å². The van der Waals surface area contributed by atoms with Crippen molar-refractivity contribution in [3.8, 4) is 0 Å². The van der Waals surface area contributed by atoms with Gasteiger partial charge in [0.25, 0.3) is 0 Å². The number of hydrogen-bond acceptors (Lipinski definition) is 4. The molecule has 114 valence electrons. The molecule has 0 radical (unpaired) electrons. The molecule has 1 aromatic carbocycles. The van der Waals surface area contributed by atoms with Crippen molar-refractivity contribution in [2.24, 2.45) is 5.92 Å². The summed E-state index contributed by atoms with van der Waals surface area (Å²) >= 11 is 0. The molecule has 1 fully saturated rings.